The molecular weight excluding hydrogens is 335 g/mol. The number of nitrogens with one attached hydrogen (secondary N) is 1. The Hall–Kier alpha value is -1.63. The third kappa shape index (κ3) is 3.72. The van der Waals surface area contributed by atoms with E-state index in [1.165, 1.54) is 31.4 Å². The zero-order chi connectivity index (χ0) is 15.6. The number of anilines is 2. The highest BCUT2D eigenvalue weighted by atomic mass is 35.5. The Bertz CT molecular complexity index is 759. The first kappa shape index (κ1) is 15.8. The average molecular weight is 347 g/mol. The predicted molar refractivity (Wildman–Crippen MR) is 84.7 cm³/mol. The number of methoxy groups -OCH3 is 1. The number of hydrogen-bond donors (Lipinski definition) is 2. The summed E-state index contributed by atoms with van der Waals surface area (Å²) in [5.74, 6) is 0.348. The maximum absolute atomic E-state index is 12.4. The Balaban J connectivity index is 2.44. The van der Waals surface area contributed by atoms with Gasteiger partial charge in [-0.1, -0.05) is 23.2 Å². The zero-order valence-corrected chi connectivity index (χ0v) is 13.3. The molecule has 2 rings (SSSR count). The Labute approximate surface area is 132 Å². The summed E-state index contributed by atoms with van der Waals surface area (Å²) in [4.78, 5) is -0.0514. The lowest BCUT2D eigenvalue weighted by Gasteiger charge is -2.13. The minimum absolute atomic E-state index is 0.0514. The van der Waals surface area contributed by atoms with Crippen molar-refractivity contribution in [1.29, 1.82) is 0 Å². The summed E-state index contributed by atoms with van der Waals surface area (Å²) in [6.07, 6.45) is 0. The molecule has 21 heavy (non-hydrogen) atoms. The van der Waals surface area contributed by atoms with Crippen LogP contribution in [-0.4, -0.2) is 15.5 Å². The molecule has 3 N–H and O–H groups in total. The molecule has 8 heteroatoms. The van der Waals surface area contributed by atoms with Gasteiger partial charge in [0.1, 0.15) is 5.75 Å². The van der Waals surface area contributed by atoms with Crippen molar-refractivity contribution in [3.63, 3.8) is 0 Å². The molecule has 0 fully saturated rings. The van der Waals surface area contributed by atoms with Crippen LogP contribution in [0.2, 0.25) is 10.0 Å². The van der Waals surface area contributed by atoms with E-state index in [4.69, 9.17) is 33.7 Å². The van der Waals surface area contributed by atoms with Gasteiger partial charge in [-0.15, -0.1) is 0 Å². The summed E-state index contributed by atoms with van der Waals surface area (Å²) >= 11 is 11.6. The third-order valence-electron chi connectivity index (χ3n) is 2.61. The van der Waals surface area contributed by atoms with Crippen LogP contribution in [0.1, 0.15) is 0 Å². The third-order valence-corrected chi connectivity index (χ3v) is 4.40. The van der Waals surface area contributed by atoms with E-state index in [0.717, 1.165) is 0 Å². The summed E-state index contributed by atoms with van der Waals surface area (Å²) in [6, 6.07) is 8.68. The van der Waals surface area contributed by atoms with Crippen molar-refractivity contribution in [2.45, 2.75) is 4.90 Å². The number of rotatable bonds is 4. The van der Waals surface area contributed by atoms with E-state index in [-0.39, 0.29) is 20.6 Å². The molecule has 0 bridgehead atoms. The molecule has 0 saturated carbocycles. The summed E-state index contributed by atoms with van der Waals surface area (Å²) in [6.45, 7) is 0. The highest BCUT2D eigenvalue weighted by molar-refractivity contribution is 7.92. The second kappa shape index (κ2) is 6.01. The first-order valence-electron chi connectivity index (χ1n) is 5.74. The largest absolute Gasteiger partial charge is 0.495 e. The van der Waals surface area contributed by atoms with E-state index in [9.17, 15) is 8.42 Å². The van der Waals surface area contributed by atoms with Crippen LogP contribution in [0.5, 0.6) is 5.75 Å². The van der Waals surface area contributed by atoms with Gasteiger partial charge in [-0.25, -0.2) is 8.42 Å². The summed E-state index contributed by atoms with van der Waals surface area (Å²) in [5.41, 5.74) is 6.29. The van der Waals surface area contributed by atoms with Gasteiger partial charge in [-0.2, -0.15) is 0 Å². The lowest BCUT2D eigenvalue weighted by Crippen LogP contribution is -2.14. The van der Waals surface area contributed by atoms with Crippen LogP contribution in [0.4, 0.5) is 11.4 Å². The fourth-order valence-electron chi connectivity index (χ4n) is 1.69. The van der Waals surface area contributed by atoms with E-state index in [1.807, 2.05) is 0 Å². The maximum Gasteiger partial charge on any atom is 0.262 e. The number of hydrogen-bond acceptors (Lipinski definition) is 4. The molecule has 2 aromatic carbocycles. The topological polar surface area (TPSA) is 81.4 Å². The van der Waals surface area contributed by atoms with Gasteiger partial charge in [0.2, 0.25) is 0 Å². The molecule has 0 heterocycles. The lowest BCUT2D eigenvalue weighted by atomic mass is 10.2. The van der Waals surface area contributed by atoms with Gasteiger partial charge in [0.15, 0.2) is 0 Å². The fraction of sp³-hybridized carbons (Fsp3) is 0.0769. The van der Waals surface area contributed by atoms with Crippen LogP contribution in [0.3, 0.4) is 0 Å². The highest BCUT2D eigenvalue weighted by Crippen LogP contribution is 2.30. The minimum Gasteiger partial charge on any atom is -0.495 e. The summed E-state index contributed by atoms with van der Waals surface area (Å²) < 4.78 is 32.2. The van der Waals surface area contributed by atoms with E-state index in [1.54, 1.807) is 12.1 Å². The summed E-state index contributed by atoms with van der Waals surface area (Å²) in [5, 5.41) is 0.449. The lowest BCUT2D eigenvalue weighted by molar-refractivity contribution is 0.417. The molecule has 5 nitrogen and oxygen atoms in total. The second-order valence-corrected chi connectivity index (χ2v) is 6.73. The number of benzene rings is 2. The fourth-order valence-corrected chi connectivity index (χ4v) is 3.48. The molecule has 0 spiro atoms. The van der Waals surface area contributed by atoms with Crippen molar-refractivity contribution in [2.24, 2.45) is 0 Å². The second-order valence-electron chi connectivity index (χ2n) is 4.17. The van der Waals surface area contributed by atoms with Crippen molar-refractivity contribution >= 4 is 44.6 Å². The molecule has 0 amide bonds. The van der Waals surface area contributed by atoms with Crippen LogP contribution in [0.15, 0.2) is 41.3 Å². The standard InChI is InChI=1S/C13H12Cl2N2O3S/c1-20-13-3-2-10(16)7-12(13)17-21(18,19)11-5-8(14)4-9(15)6-11/h2-7,17H,16H2,1H3. The Morgan fingerprint density at radius 2 is 1.71 bits per heavy atom. The molecule has 0 aromatic heterocycles. The van der Waals surface area contributed by atoms with Gasteiger partial charge < -0.3 is 10.5 Å². The van der Waals surface area contributed by atoms with Crippen molar-refractivity contribution in [3.05, 3.63) is 46.4 Å². The van der Waals surface area contributed by atoms with E-state index in [0.29, 0.717) is 11.4 Å². The monoisotopic (exact) mass is 346 g/mol. The van der Waals surface area contributed by atoms with Gasteiger partial charge in [0.25, 0.3) is 10.0 Å². The van der Waals surface area contributed by atoms with E-state index >= 15 is 0 Å². The number of sulfonamides is 1. The molecule has 2 aromatic rings. The Morgan fingerprint density at radius 1 is 1.10 bits per heavy atom. The molecule has 0 aliphatic heterocycles. The molecule has 0 atom stereocenters. The number of nitrogen functional groups attached to an aromatic ring is 1. The van der Waals surface area contributed by atoms with Crippen molar-refractivity contribution in [1.82, 2.24) is 0 Å². The van der Waals surface area contributed by atoms with Crippen molar-refractivity contribution in [3.8, 4) is 5.75 Å². The van der Waals surface area contributed by atoms with Gasteiger partial charge >= 0.3 is 0 Å². The normalized spacial score (nSPS) is 11.2. The van der Waals surface area contributed by atoms with Gasteiger partial charge in [-0.05, 0) is 36.4 Å². The molecule has 0 aliphatic rings. The van der Waals surface area contributed by atoms with Crippen LogP contribution in [0, 0.1) is 0 Å². The van der Waals surface area contributed by atoms with E-state index < -0.39 is 10.0 Å². The van der Waals surface area contributed by atoms with Gasteiger partial charge in [0.05, 0.1) is 17.7 Å². The van der Waals surface area contributed by atoms with Crippen LogP contribution in [-0.2, 0) is 10.0 Å². The molecule has 0 unspecified atom stereocenters. The Kier molecular flexibility index (Phi) is 4.51. The predicted octanol–water partition coefficient (Wildman–Crippen LogP) is 3.39. The first-order valence-corrected chi connectivity index (χ1v) is 7.98. The summed E-state index contributed by atoms with van der Waals surface area (Å²) in [7, 11) is -2.43. The average Bonchev–Trinajstić information content (AvgIpc) is 2.37. The quantitative estimate of drug-likeness (QED) is 0.831. The van der Waals surface area contributed by atoms with Crippen molar-refractivity contribution < 1.29 is 13.2 Å². The molecule has 0 radical (unpaired) electrons. The van der Waals surface area contributed by atoms with Gasteiger partial charge in [-0.3, -0.25) is 4.72 Å². The zero-order valence-electron chi connectivity index (χ0n) is 10.9. The molecule has 112 valence electrons. The van der Waals surface area contributed by atoms with Crippen LogP contribution in [0.25, 0.3) is 0 Å². The van der Waals surface area contributed by atoms with Crippen LogP contribution >= 0.6 is 23.2 Å². The van der Waals surface area contributed by atoms with E-state index in [2.05, 4.69) is 4.72 Å². The highest BCUT2D eigenvalue weighted by Gasteiger charge is 2.18. The SMILES string of the molecule is COc1ccc(N)cc1NS(=O)(=O)c1cc(Cl)cc(Cl)c1. The molecule has 0 saturated heterocycles. The van der Waals surface area contributed by atoms with Gasteiger partial charge in [0, 0.05) is 15.7 Å². The molecular formula is C13H12Cl2N2O3S. The maximum atomic E-state index is 12.4. The number of ether oxygens (including phenoxy) is 1. The first-order chi connectivity index (χ1) is 9.81. The van der Waals surface area contributed by atoms with Crippen LogP contribution < -0.4 is 15.2 Å². The Morgan fingerprint density at radius 3 is 2.29 bits per heavy atom. The smallest absolute Gasteiger partial charge is 0.262 e. The van der Waals surface area contributed by atoms with Crippen molar-refractivity contribution in [2.75, 3.05) is 17.6 Å². The number of halogens is 2. The number of nitrogens with two attached hydrogens (primary N) is 1. The molecule has 0 aliphatic carbocycles. The minimum atomic E-state index is -3.86.